The summed E-state index contributed by atoms with van der Waals surface area (Å²) in [4.78, 5) is 13.5. The third-order valence-corrected chi connectivity index (χ3v) is 6.36. The van der Waals surface area contributed by atoms with Gasteiger partial charge < -0.3 is 15.5 Å². The van der Waals surface area contributed by atoms with E-state index in [1.165, 1.54) is 16.7 Å². The molecule has 1 fully saturated rings. The molecule has 0 aliphatic carbocycles. The SMILES string of the molecule is CC(=O)N1CCC(Nc2ccccc2CNc2ccccc2Cc2ccc(Cl)cc2)CC1. The van der Waals surface area contributed by atoms with Crippen LogP contribution in [0.5, 0.6) is 0 Å². The highest BCUT2D eigenvalue weighted by Crippen LogP contribution is 2.24. The molecule has 1 aliphatic rings. The molecule has 0 atom stereocenters. The Morgan fingerprint density at radius 1 is 0.906 bits per heavy atom. The van der Waals surface area contributed by atoms with Crippen molar-refractivity contribution in [2.24, 2.45) is 0 Å². The third kappa shape index (κ3) is 5.83. The third-order valence-electron chi connectivity index (χ3n) is 6.11. The van der Waals surface area contributed by atoms with Crippen molar-refractivity contribution in [1.82, 2.24) is 4.90 Å². The van der Waals surface area contributed by atoms with E-state index in [9.17, 15) is 4.79 Å². The van der Waals surface area contributed by atoms with E-state index >= 15 is 0 Å². The van der Waals surface area contributed by atoms with Crippen molar-refractivity contribution in [2.75, 3.05) is 23.7 Å². The van der Waals surface area contributed by atoms with Gasteiger partial charge in [-0.3, -0.25) is 4.79 Å². The van der Waals surface area contributed by atoms with E-state index in [-0.39, 0.29) is 5.91 Å². The van der Waals surface area contributed by atoms with Gasteiger partial charge >= 0.3 is 0 Å². The Kier molecular flexibility index (Phi) is 7.33. The number of nitrogens with zero attached hydrogens (tertiary/aromatic N) is 1. The molecule has 4 rings (SSSR count). The minimum Gasteiger partial charge on any atom is -0.382 e. The number of carbonyl (C=O) groups excluding carboxylic acids is 1. The number of benzene rings is 3. The lowest BCUT2D eigenvalue weighted by Gasteiger charge is -2.32. The first-order valence-corrected chi connectivity index (χ1v) is 11.6. The summed E-state index contributed by atoms with van der Waals surface area (Å²) in [6.07, 6.45) is 2.81. The van der Waals surface area contributed by atoms with Crippen LogP contribution in [-0.2, 0) is 17.8 Å². The van der Waals surface area contributed by atoms with E-state index in [2.05, 4.69) is 71.3 Å². The Morgan fingerprint density at radius 3 is 2.22 bits per heavy atom. The summed E-state index contributed by atoms with van der Waals surface area (Å²) >= 11 is 6.03. The predicted molar refractivity (Wildman–Crippen MR) is 133 cm³/mol. The second-order valence-corrected chi connectivity index (χ2v) is 8.83. The topological polar surface area (TPSA) is 44.4 Å². The number of rotatable bonds is 7. The highest BCUT2D eigenvalue weighted by Gasteiger charge is 2.21. The molecule has 2 N–H and O–H groups in total. The van der Waals surface area contributed by atoms with Gasteiger partial charge in [-0.25, -0.2) is 0 Å². The zero-order valence-corrected chi connectivity index (χ0v) is 19.2. The molecular formula is C27H30ClN3O. The zero-order valence-electron chi connectivity index (χ0n) is 18.5. The van der Waals surface area contributed by atoms with Gasteiger partial charge in [-0.1, -0.05) is 60.1 Å². The molecule has 1 saturated heterocycles. The minimum absolute atomic E-state index is 0.172. The largest absolute Gasteiger partial charge is 0.382 e. The van der Waals surface area contributed by atoms with Crippen LogP contribution >= 0.6 is 11.6 Å². The fourth-order valence-electron chi connectivity index (χ4n) is 4.23. The Bertz CT molecular complexity index is 1040. The molecule has 32 heavy (non-hydrogen) atoms. The average Bonchev–Trinajstić information content (AvgIpc) is 2.81. The van der Waals surface area contributed by atoms with E-state index in [0.29, 0.717) is 6.04 Å². The van der Waals surface area contributed by atoms with Crippen LogP contribution in [0.3, 0.4) is 0 Å². The fourth-order valence-corrected chi connectivity index (χ4v) is 4.36. The molecule has 166 valence electrons. The molecule has 0 aromatic heterocycles. The minimum atomic E-state index is 0.172. The standard InChI is InChI=1S/C27H30ClN3O/c1-20(32)31-16-14-25(15-17-31)30-27-9-5-3-7-23(27)19-29-26-8-4-2-6-22(26)18-21-10-12-24(28)13-11-21/h2-13,25,29-30H,14-19H2,1H3. The van der Waals surface area contributed by atoms with Crippen molar-refractivity contribution in [1.29, 1.82) is 0 Å². The maximum Gasteiger partial charge on any atom is 0.219 e. The van der Waals surface area contributed by atoms with Gasteiger partial charge in [-0.15, -0.1) is 0 Å². The van der Waals surface area contributed by atoms with Crippen molar-refractivity contribution in [3.63, 3.8) is 0 Å². The second kappa shape index (κ2) is 10.6. The molecule has 3 aromatic rings. The summed E-state index contributed by atoms with van der Waals surface area (Å²) < 4.78 is 0. The van der Waals surface area contributed by atoms with Crippen molar-refractivity contribution in [3.05, 3.63) is 94.5 Å². The number of hydrogen-bond acceptors (Lipinski definition) is 3. The number of nitrogens with one attached hydrogen (secondary N) is 2. The molecule has 5 heteroatoms. The number of hydrogen-bond donors (Lipinski definition) is 2. The zero-order chi connectivity index (χ0) is 22.3. The number of para-hydroxylation sites is 2. The lowest BCUT2D eigenvalue weighted by atomic mass is 10.0. The summed E-state index contributed by atoms with van der Waals surface area (Å²) in [6.45, 7) is 4.05. The van der Waals surface area contributed by atoms with E-state index in [1.54, 1.807) is 6.92 Å². The van der Waals surface area contributed by atoms with Crippen LogP contribution in [0.1, 0.15) is 36.5 Å². The molecule has 0 spiro atoms. The summed E-state index contributed by atoms with van der Waals surface area (Å²) in [5.74, 6) is 0.172. The Balaban J connectivity index is 1.41. The van der Waals surface area contributed by atoms with Crippen LogP contribution in [0.25, 0.3) is 0 Å². The highest BCUT2D eigenvalue weighted by molar-refractivity contribution is 6.30. The smallest absolute Gasteiger partial charge is 0.219 e. The van der Waals surface area contributed by atoms with Crippen LogP contribution in [-0.4, -0.2) is 29.9 Å². The molecule has 4 nitrogen and oxygen atoms in total. The van der Waals surface area contributed by atoms with Crippen molar-refractivity contribution in [3.8, 4) is 0 Å². The maximum atomic E-state index is 11.6. The van der Waals surface area contributed by atoms with Crippen LogP contribution < -0.4 is 10.6 Å². The van der Waals surface area contributed by atoms with Crippen LogP contribution in [0.4, 0.5) is 11.4 Å². The van der Waals surface area contributed by atoms with Gasteiger partial charge in [0, 0.05) is 49.0 Å². The number of amides is 1. The maximum absolute atomic E-state index is 11.6. The summed E-state index contributed by atoms with van der Waals surface area (Å²) in [7, 11) is 0. The van der Waals surface area contributed by atoms with E-state index < -0.39 is 0 Å². The number of carbonyl (C=O) groups is 1. The number of likely N-dealkylation sites (tertiary alicyclic amines) is 1. The molecule has 1 amide bonds. The molecule has 0 bridgehead atoms. The number of halogens is 1. The Labute approximate surface area is 195 Å². The summed E-state index contributed by atoms with van der Waals surface area (Å²) in [5, 5.41) is 8.12. The summed E-state index contributed by atoms with van der Waals surface area (Å²) in [5.41, 5.74) is 6.05. The Morgan fingerprint density at radius 2 is 1.53 bits per heavy atom. The number of anilines is 2. The van der Waals surface area contributed by atoms with E-state index in [1.807, 2.05) is 17.0 Å². The lowest BCUT2D eigenvalue weighted by Crippen LogP contribution is -2.41. The van der Waals surface area contributed by atoms with Crippen LogP contribution in [0, 0.1) is 0 Å². The summed E-state index contributed by atoms with van der Waals surface area (Å²) in [6, 6.07) is 25.4. The first-order chi connectivity index (χ1) is 15.6. The molecule has 1 heterocycles. The van der Waals surface area contributed by atoms with Gasteiger partial charge in [0.05, 0.1) is 0 Å². The van der Waals surface area contributed by atoms with Crippen molar-refractivity contribution in [2.45, 2.75) is 38.8 Å². The average molecular weight is 448 g/mol. The number of piperidine rings is 1. The first kappa shape index (κ1) is 22.2. The molecule has 0 saturated carbocycles. The molecule has 0 radical (unpaired) electrons. The van der Waals surface area contributed by atoms with Gasteiger partial charge in [-0.2, -0.15) is 0 Å². The Hall–Kier alpha value is -2.98. The molecule has 0 unspecified atom stereocenters. The van der Waals surface area contributed by atoms with E-state index in [4.69, 9.17) is 11.6 Å². The first-order valence-electron chi connectivity index (χ1n) is 11.2. The van der Waals surface area contributed by atoms with Crippen molar-refractivity contribution >= 4 is 28.9 Å². The van der Waals surface area contributed by atoms with E-state index in [0.717, 1.165) is 55.3 Å². The van der Waals surface area contributed by atoms with Gasteiger partial charge in [0.1, 0.15) is 0 Å². The fraction of sp³-hybridized carbons (Fsp3) is 0.296. The van der Waals surface area contributed by atoms with Gasteiger partial charge in [-0.05, 0) is 60.2 Å². The molecule has 1 aliphatic heterocycles. The highest BCUT2D eigenvalue weighted by atomic mass is 35.5. The second-order valence-electron chi connectivity index (χ2n) is 8.40. The molecular weight excluding hydrogens is 418 g/mol. The van der Waals surface area contributed by atoms with Gasteiger partial charge in [0.25, 0.3) is 0 Å². The quantitative estimate of drug-likeness (QED) is 0.469. The van der Waals surface area contributed by atoms with Crippen LogP contribution in [0.2, 0.25) is 5.02 Å². The molecule has 3 aromatic carbocycles. The normalized spacial score (nSPS) is 14.2. The van der Waals surface area contributed by atoms with Crippen molar-refractivity contribution < 1.29 is 4.79 Å². The lowest BCUT2D eigenvalue weighted by molar-refractivity contribution is -0.129. The van der Waals surface area contributed by atoms with Gasteiger partial charge in [0.15, 0.2) is 0 Å². The van der Waals surface area contributed by atoms with Gasteiger partial charge in [0.2, 0.25) is 5.91 Å². The monoisotopic (exact) mass is 447 g/mol. The van der Waals surface area contributed by atoms with Crippen LogP contribution in [0.15, 0.2) is 72.8 Å². The predicted octanol–water partition coefficient (Wildman–Crippen LogP) is 5.97.